The lowest BCUT2D eigenvalue weighted by molar-refractivity contribution is -0.137. The van der Waals surface area contributed by atoms with Crippen LogP contribution in [0.5, 0.6) is 0 Å². The molecule has 1 atom stereocenters. The molecule has 0 saturated heterocycles. The van der Waals surface area contributed by atoms with Gasteiger partial charge < -0.3 is 20.2 Å². The van der Waals surface area contributed by atoms with Gasteiger partial charge in [-0.25, -0.2) is 0 Å². The molecule has 2 N–H and O–H groups in total. The Morgan fingerprint density at radius 2 is 2.38 bits per heavy atom. The van der Waals surface area contributed by atoms with Crippen molar-refractivity contribution in [2.45, 2.75) is 38.5 Å². The van der Waals surface area contributed by atoms with Crippen LogP contribution in [0.4, 0.5) is 0 Å². The molecule has 1 aromatic heterocycles. The molecular formula is C14H21N3O3S. The van der Waals surface area contributed by atoms with Crippen molar-refractivity contribution in [3.05, 3.63) is 22.4 Å². The van der Waals surface area contributed by atoms with Crippen LogP contribution in [0.25, 0.3) is 0 Å². The molecule has 6 nitrogen and oxygen atoms in total. The van der Waals surface area contributed by atoms with Gasteiger partial charge in [-0.15, -0.1) is 0 Å². The Labute approximate surface area is 128 Å². The van der Waals surface area contributed by atoms with Gasteiger partial charge in [-0.3, -0.25) is 4.79 Å². The standard InChI is InChI=1S/C14H21N3O3S/c1-10(19-2)14(15)16-20-8-13(18)17(12-3-4-12)7-11-5-6-21-9-11/h5-6,9-10,12H,3-4,7-8H2,1-2H3,(H2,15,16)/t10-/m0/s1. The number of nitrogens with two attached hydrogens (primary N) is 1. The second-order valence-electron chi connectivity index (χ2n) is 5.05. The summed E-state index contributed by atoms with van der Waals surface area (Å²) in [7, 11) is 1.54. The maximum atomic E-state index is 12.2. The number of carbonyl (C=O) groups is 1. The number of oxime groups is 1. The third-order valence-corrected chi connectivity index (χ3v) is 4.10. The van der Waals surface area contributed by atoms with Crippen molar-refractivity contribution in [2.24, 2.45) is 10.9 Å². The van der Waals surface area contributed by atoms with E-state index in [9.17, 15) is 4.79 Å². The van der Waals surface area contributed by atoms with Gasteiger partial charge in [-0.2, -0.15) is 11.3 Å². The Hall–Kier alpha value is -1.60. The third-order valence-electron chi connectivity index (χ3n) is 3.37. The first-order chi connectivity index (χ1) is 10.1. The second kappa shape index (κ2) is 7.42. The predicted octanol–water partition coefficient (Wildman–Crippen LogP) is 1.56. The molecule has 0 radical (unpaired) electrons. The summed E-state index contributed by atoms with van der Waals surface area (Å²) in [5.74, 6) is 0.159. The number of carbonyl (C=O) groups excluding carboxylic acids is 1. The molecule has 21 heavy (non-hydrogen) atoms. The summed E-state index contributed by atoms with van der Waals surface area (Å²) in [6.45, 7) is 2.29. The summed E-state index contributed by atoms with van der Waals surface area (Å²) in [4.78, 5) is 19.1. The fourth-order valence-corrected chi connectivity index (χ4v) is 2.49. The topological polar surface area (TPSA) is 77.1 Å². The molecule has 7 heteroatoms. The quantitative estimate of drug-likeness (QED) is 0.449. The van der Waals surface area contributed by atoms with E-state index in [2.05, 4.69) is 10.5 Å². The smallest absolute Gasteiger partial charge is 0.263 e. The highest BCUT2D eigenvalue weighted by Gasteiger charge is 2.32. The second-order valence-corrected chi connectivity index (χ2v) is 5.83. The predicted molar refractivity (Wildman–Crippen MR) is 81.9 cm³/mol. The van der Waals surface area contributed by atoms with Crippen molar-refractivity contribution in [1.82, 2.24) is 4.90 Å². The van der Waals surface area contributed by atoms with Crippen molar-refractivity contribution in [2.75, 3.05) is 13.7 Å². The molecule has 1 aliphatic rings. The Kier molecular flexibility index (Phi) is 5.58. The first-order valence-corrected chi connectivity index (χ1v) is 7.84. The van der Waals surface area contributed by atoms with Crippen molar-refractivity contribution in [3.63, 3.8) is 0 Å². The van der Waals surface area contributed by atoms with Gasteiger partial charge in [0.2, 0.25) is 0 Å². The van der Waals surface area contributed by atoms with Crippen LogP contribution in [0.2, 0.25) is 0 Å². The fraction of sp³-hybridized carbons (Fsp3) is 0.571. The van der Waals surface area contributed by atoms with Gasteiger partial charge in [-0.1, -0.05) is 5.16 Å². The van der Waals surface area contributed by atoms with E-state index in [-0.39, 0.29) is 24.5 Å². The molecule has 0 bridgehead atoms. The fourth-order valence-electron chi connectivity index (χ4n) is 1.83. The molecule has 1 heterocycles. The maximum Gasteiger partial charge on any atom is 0.263 e. The lowest BCUT2D eigenvalue weighted by Crippen LogP contribution is -2.35. The minimum atomic E-state index is -0.328. The average Bonchev–Trinajstić information content (AvgIpc) is 3.19. The maximum absolute atomic E-state index is 12.2. The van der Waals surface area contributed by atoms with Gasteiger partial charge in [0.25, 0.3) is 5.91 Å². The first kappa shape index (κ1) is 15.8. The first-order valence-electron chi connectivity index (χ1n) is 6.90. The highest BCUT2D eigenvalue weighted by molar-refractivity contribution is 7.07. The minimum absolute atomic E-state index is 0.0645. The monoisotopic (exact) mass is 311 g/mol. The van der Waals surface area contributed by atoms with E-state index < -0.39 is 0 Å². The van der Waals surface area contributed by atoms with E-state index in [0.29, 0.717) is 12.6 Å². The molecule has 116 valence electrons. The largest absolute Gasteiger partial charge is 0.384 e. The third kappa shape index (κ3) is 4.71. The molecule has 1 aliphatic carbocycles. The van der Waals surface area contributed by atoms with Crippen LogP contribution < -0.4 is 5.73 Å². The zero-order chi connectivity index (χ0) is 15.2. The number of nitrogens with zero attached hydrogens (tertiary/aromatic N) is 2. The molecule has 0 aromatic carbocycles. The number of hydrogen-bond donors (Lipinski definition) is 1. The number of ether oxygens (including phenoxy) is 1. The summed E-state index contributed by atoms with van der Waals surface area (Å²) < 4.78 is 5.01. The van der Waals surface area contributed by atoms with E-state index in [1.165, 1.54) is 7.11 Å². The molecule has 0 aliphatic heterocycles. The van der Waals surface area contributed by atoms with Crippen LogP contribution in [0.3, 0.4) is 0 Å². The van der Waals surface area contributed by atoms with Crippen LogP contribution in [0.1, 0.15) is 25.3 Å². The number of amides is 1. The van der Waals surface area contributed by atoms with Crippen molar-refractivity contribution >= 4 is 23.1 Å². The van der Waals surface area contributed by atoms with Crippen LogP contribution in [-0.4, -0.2) is 42.5 Å². The molecule has 2 rings (SSSR count). The summed E-state index contributed by atoms with van der Waals surface area (Å²) in [6, 6.07) is 2.37. The lowest BCUT2D eigenvalue weighted by atomic mass is 10.3. The van der Waals surface area contributed by atoms with E-state index in [0.717, 1.165) is 18.4 Å². The number of hydrogen-bond acceptors (Lipinski definition) is 5. The highest BCUT2D eigenvalue weighted by atomic mass is 32.1. The number of methoxy groups -OCH3 is 1. The Morgan fingerprint density at radius 3 is 2.95 bits per heavy atom. The van der Waals surface area contributed by atoms with Crippen LogP contribution >= 0.6 is 11.3 Å². The summed E-state index contributed by atoms with van der Waals surface area (Å²) in [6.07, 6.45) is 1.79. The van der Waals surface area contributed by atoms with E-state index in [4.69, 9.17) is 15.3 Å². The average molecular weight is 311 g/mol. The number of amidine groups is 1. The SMILES string of the molecule is CO[C@@H](C)/C(N)=N\OCC(=O)N(Cc1ccsc1)C1CC1. The van der Waals surface area contributed by atoms with Crippen molar-refractivity contribution < 1.29 is 14.4 Å². The molecule has 1 aromatic rings. The number of rotatable bonds is 8. The molecule has 1 amide bonds. The van der Waals surface area contributed by atoms with Gasteiger partial charge in [0.15, 0.2) is 12.4 Å². The van der Waals surface area contributed by atoms with Crippen LogP contribution in [0.15, 0.2) is 22.0 Å². The molecule has 1 fully saturated rings. The molecule has 0 spiro atoms. The summed E-state index contributed by atoms with van der Waals surface area (Å²) in [5.41, 5.74) is 6.80. The van der Waals surface area contributed by atoms with E-state index >= 15 is 0 Å². The lowest BCUT2D eigenvalue weighted by Gasteiger charge is -2.21. The van der Waals surface area contributed by atoms with E-state index in [1.807, 2.05) is 16.3 Å². The normalized spacial score (nSPS) is 16.6. The van der Waals surface area contributed by atoms with Gasteiger partial charge in [-0.05, 0) is 42.2 Å². The van der Waals surface area contributed by atoms with Gasteiger partial charge in [0.1, 0.15) is 6.10 Å². The van der Waals surface area contributed by atoms with Crippen LogP contribution in [-0.2, 0) is 20.9 Å². The highest BCUT2D eigenvalue weighted by Crippen LogP contribution is 2.28. The summed E-state index contributed by atoms with van der Waals surface area (Å²) >= 11 is 1.63. The Balaban J connectivity index is 1.85. The minimum Gasteiger partial charge on any atom is -0.384 e. The Bertz CT molecular complexity index is 486. The van der Waals surface area contributed by atoms with Crippen LogP contribution in [0, 0.1) is 0 Å². The zero-order valence-corrected chi connectivity index (χ0v) is 13.1. The van der Waals surface area contributed by atoms with Crippen molar-refractivity contribution in [3.8, 4) is 0 Å². The van der Waals surface area contributed by atoms with Gasteiger partial charge in [0.05, 0.1) is 0 Å². The Morgan fingerprint density at radius 1 is 1.62 bits per heavy atom. The number of thiophene rings is 1. The van der Waals surface area contributed by atoms with E-state index in [1.54, 1.807) is 18.3 Å². The molecule has 1 saturated carbocycles. The molecular weight excluding hydrogens is 290 g/mol. The van der Waals surface area contributed by atoms with Gasteiger partial charge >= 0.3 is 0 Å². The zero-order valence-electron chi connectivity index (χ0n) is 12.3. The van der Waals surface area contributed by atoms with Crippen molar-refractivity contribution in [1.29, 1.82) is 0 Å². The van der Waals surface area contributed by atoms with Gasteiger partial charge in [0, 0.05) is 19.7 Å². The summed E-state index contributed by atoms with van der Waals surface area (Å²) in [5, 5.41) is 7.79. The molecule has 0 unspecified atom stereocenters.